The number of nitrogens with zero attached hydrogens (tertiary/aromatic N) is 4. The molecule has 19 heavy (non-hydrogen) atoms. The fourth-order valence-electron chi connectivity index (χ4n) is 1.76. The Kier molecular flexibility index (Phi) is 2.80. The summed E-state index contributed by atoms with van der Waals surface area (Å²) >= 11 is 1.26. The fraction of sp³-hybridized carbons (Fsp3) is 0.182. The van der Waals surface area contributed by atoms with Crippen LogP contribution in [0, 0.1) is 0 Å². The van der Waals surface area contributed by atoms with Crippen LogP contribution in [0.2, 0.25) is 0 Å². The molecule has 7 nitrogen and oxygen atoms in total. The molecule has 1 aliphatic heterocycles. The van der Waals surface area contributed by atoms with Crippen molar-refractivity contribution in [1.82, 2.24) is 10.2 Å². The van der Waals surface area contributed by atoms with Gasteiger partial charge in [-0.25, -0.2) is 4.79 Å². The average molecular weight is 277 g/mol. The molecule has 1 aliphatic rings. The van der Waals surface area contributed by atoms with Gasteiger partial charge in [0.05, 0.1) is 5.69 Å². The van der Waals surface area contributed by atoms with Crippen LogP contribution in [0.5, 0.6) is 0 Å². The van der Waals surface area contributed by atoms with Crippen molar-refractivity contribution in [2.45, 2.75) is 13.3 Å². The minimum absolute atomic E-state index is 0.325. The van der Waals surface area contributed by atoms with Crippen LogP contribution in [0.3, 0.4) is 0 Å². The van der Waals surface area contributed by atoms with E-state index in [4.69, 9.17) is 0 Å². The lowest BCUT2D eigenvalue weighted by Gasteiger charge is -2.33. The van der Waals surface area contributed by atoms with E-state index in [2.05, 4.69) is 15.5 Å². The SMILES string of the molecule is CCc1nnc(N2C(=O)Nc3ccccc3N2O)s1. The number of anilines is 3. The van der Waals surface area contributed by atoms with E-state index in [-0.39, 0.29) is 0 Å². The Balaban J connectivity index is 2.01. The molecule has 1 aromatic heterocycles. The molecule has 8 heteroatoms. The average Bonchev–Trinajstić information content (AvgIpc) is 2.87. The summed E-state index contributed by atoms with van der Waals surface area (Å²) in [5.41, 5.74) is 1.03. The summed E-state index contributed by atoms with van der Waals surface area (Å²) in [6.45, 7) is 1.95. The number of para-hydroxylation sites is 2. The topological polar surface area (TPSA) is 81.6 Å². The van der Waals surface area contributed by atoms with Crippen molar-refractivity contribution < 1.29 is 10.0 Å². The van der Waals surface area contributed by atoms with Crippen molar-refractivity contribution in [1.29, 1.82) is 0 Å². The number of benzene rings is 1. The number of hydrogen-bond donors (Lipinski definition) is 2. The third kappa shape index (κ3) is 1.90. The molecular weight excluding hydrogens is 266 g/mol. The van der Waals surface area contributed by atoms with Crippen LogP contribution in [0.25, 0.3) is 0 Å². The predicted molar refractivity (Wildman–Crippen MR) is 71.5 cm³/mol. The summed E-state index contributed by atoms with van der Waals surface area (Å²) in [4.78, 5) is 12.0. The number of rotatable bonds is 2. The highest BCUT2D eigenvalue weighted by Gasteiger charge is 2.32. The second kappa shape index (κ2) is 4.48. The van der Waals surface area contributed by atoms with Crippen LogP contribution >= 0.6 is 11.3 Å². The first-order valence-corrected chi connectivity index (χ1v) is 6.53. The van der Waals surface area contributed by atoms with Gasteiger partial charge in [-0.3, -0.25) is 5.21 Å². The molecule has 0 saturated heterocycles. The van der Waals surface area contributed by atoms with Gasteiger partial charge < -0.3 is 5.32 Å². The van der Waals surface area contributed by atoms with E-state index in [1.54, 1.807) is 24.3 Å². The highest BCUT2D eigenvalue weighted by molar-refractivity contribution is 7.15. The van der Waals surface area contributed by atoms with Crippen molar-refractivity contribution in [3.8, 4) is 0 Å². The number of carbonyl (C=O) groups excluding carboxylic acids is 1. The molecule has 0 aliphatic carbocycles. The molecule has 0 bridgehead atoms. The molecule has 0 spiro atoms. The van der Waals surface area contributed by atoms with Gasteiger partial charge in [-0.05, 0) is 18.6 Å². The van der Waals surface area contributed by atoms with Gasteiger partial charge in [-0.15, -0.1) is 20.4 Å². The maximum atomic E-state index is 12.0. The Morgan fingerprint density at radius 1 is 1.37 bits per heavy atom. The first kappa shape index (κ1) is 11.9. The van der Waals surface area contributed by atoms with E-state index >= 15 is 0 Å². The highest BCUT2D eigenvalue weighted by Crippen LogP contribution is 2.33. The lowest BCUT2D eigenvalue weighted by atomic mass is 10.2. The lowest BCUT2D eigenvalue weighted by Crippen LogP contribution is -2.50. The Labute approximate surface area is 113 Å². The number of carbonyl (C=O) groups is 1. The first-order chi connectivity index (χ1) is 9.20. The van der Waals surface area contributed by atoms with Crippen molar-refractivity contribution in [3.05, 3.63) is 29.3 Å². The van der Waals surface area contributed by atoms with Gasteiger partial charge in [0.2, 0.25) is 5.13 Å². The number of aryl methyl sites for hydroxylation is 1. The third-order valence-corrected chi connectivity index (χ3v) is 3.73. The van der Waals surface area contributed by atoms with Gasteiger partial charge in [-0.1, -0.05) is 30.4 Å². The van der Waals surface area contributed by atoms with Crippen LogP contribution in [0.15, 0.2) is 24.3 Å². The first-order valence-electron chi connectivity index (χ1n) is 5.72. The molecule has 0 saturated carbocycles. The molecule has 0 fully saturated rings. The van der Waals surface area contributed by atoms with E-state index in [1.165, 1.54) is 11.3 Å². The van der Waals surface area contributed by atoms with Gasteiger partial charge in [0.15, 0.2) is 0 Å². The molecular formula is C11H11N5O2S. The molecule has 0 radical (unpaired) electrons. The minimum atomic E-state index is -0.472. The Bertz CT molecular complexity index is 629. The van der Waals surface area contributed by atoms with E-state index < -0.39 is 6.03 Å². The van der Waals surface area contributed by atoms with E-state index in [9.17, 15) is 10.0 Å². The Hall–Kier alpha value is -2.19. The van der Waals surface area contributed by atoms with Gasteiger partial charge in [0.25, 0.3) is 0 Å². The quantitative estimate of drug-likeness (QED) is 0.880. The van der Waals surface area contributed by atoms with Crippen LogP contribution in [0.1, 0.15) is 11.9 Å². The number of fused-ring (bicyclic) bond motifs is 1. The third-order valence-electron chi connectivity index (χ3n) is 2.68. The van der Waals surface area contributed by atoms with E-state index in [0.29, 0.717) is 16.5 Å². The number of nitrogens with one attached hydrogen (secondary N) is 1. The molecule has 0 atom stereocenters. The number of hydrogen-bond acceptors (Lipinski definition) is 6. The van der Waals surface area contributed by atoms with Crippen molar-refractivity contribution >= 4 is 33.9 Å². The van der Waals surface area contributed by atoms with Gasteiger partial charge >= 0.3 is 6.03 Å². The molecule has 1 aromatic carbocycles. The van der Waals surface area contributed by atoms with Crippen LogP contribution in [-0.4, -0.2) is 21.4 Å². The van der Waals surface area contributed by atoms with Gasteiger partial charge in [0, 0.05) is 0 Å². The number of amides is 2. The predicted octanol–water partition coefficient (Wildman–Crippen LogP) is 2.26. The molecule has 2 heterocycles. The lowest BCUT2D eigenvalue weighted by molar-refractivity contribution is 0.221. The largest absolute Gasteiger partial charge is 0.349 e. The molecule has 98 valence electrons. The Morgan fingerprint density at radius 2 is 2.16 bits per heavy atom. The van der Waals surface area contributed by atoms with Crippen molar-refractivity contribution in [2.75, 3.05) is 15.5 Å². The zero-order valence-electron chi connectivity index (χ0n) is 10.1. The second-order valence-electron chi connectivity index (χ2n) is 3.88. The molecule has 3 rings (SSSR count). The summed E-state index contributed by atoms with van der Waals surface area (Å²) < 4.78 is 0. The monoisotopic (exact) mass is 277 g/mol. The summed E-state index contributed by atoms with van der Waals surface area (Å²) in [5.74, 6) is 0. The summed E-state index contributed by atoms with van der Waals surface area (Å²) in [6, 6.07) is 6.49. The van der Waals surface area contributed by atoms with Crippen molar-refractivity contribution in [3.63, 3.8) is 0 Å². The molecule has 2 N–H and O–H groups in total. The number of hydrazine groups is 1. The summed E-state index contributed by atoms with van der Waals surface area (Å²) in [6.07, 6.45) is 0.731. The zero-order chi connectivity index (χ0) is 13.4. The fourth-order valence-corrected chi connectivity index (χ4v) is 2.52. The maximum absolute atomic E-state index is 12.0. The van der Waals surface area contributed by atoms with Crippen LogP contribution < -0.4 is 15.5 Å². The minimum Gasteiger partial charge on any atom is -0.304 e. The van der Waals surface area contributed by atoms with Crippen LogP contribution in [-0.2, 0) is 6.42 Å². The zero-order valence-corrected chi connectivity index (χ0v) is 10.9. The Morgan fingerprint density at radius 3 is 2.89 bits per heavy atom. The van der Waals surface area contributed by atoms with E-state index in [1.807, 2.05) is 6.92 Å². The maximum Gasteiger partial charge on any atom is 0.349 e. The molecule has 0 unspecified atom stereocenters. The summed E-state index contributed by atoms with van der Waals surface area (Å²) in [5, 5.41) is 23.7. The van der Waals surface area contributed by atoms with Crippen LogP contribution in [0.4, 0.5) is 21.3 Å². The molecule has 2 aromatic rings. The van der Waals surface area contributed by atoms with Gasteiger partial charge in [-0.2, -0.15) is 0 Å². The number of urea groups is 1. The standard InChI is InChI=1S/C11H11N5O2S/c1-2-9-13-14-11(19-9)15-10(17)12-7-5-3-4-6-8(7)16(15)18/h3-6,18H,2H2,1H3,(H,12,17). The highest BCUT2D eigenvalue weighted by atomic mass is 32.1. The normalized spacial score (nSPS) is 14.3. The molecule has 2 amide bonds. The van der Waals surface area contributed by atoms with Gasteiger partial charge in [0.1, 0.15) is 10.7 Å². The smallest absolute Gasteiger partial charge is 0.304 e. The van der Waals surface area contributed by atoms with Crippen molar-refractivity contribution in [2.24, 2.45) is 0 Å². The number of aromatic nitrogens is 2. The summed E-state index contributed by atoms with van der Waals surface area (Å²) in [7, 11) is 0. The second-order valence-corrected chi connectivity index (χ2v) is 4.92. The van der Waals surface area contributed by atoms with E-state index in [0.717, 1.165) is 21.6 Å².